The highest BCUT2D eigenvalue weighted by molar-refractivity contribution is 5.50. The summed E-state index contributed by atoms with van der Waals surface area (Å²) in [4.78, 5) is 0. The largest absolute Gasteiger partial charge is 0.416 e. The highest BCUT2D eigenvalue weighted by Crippen LogP contribution is 2.34. The van der Waals surface area contributed by atoms with Gasteiger partial charge >= 0.3 is 6.18 Å². The van der Waals surface area contributed by atoms with E-state index < -0.39 is 11.7 Å². The van der Waals surface area contributed by atoms with Crippen molar-refractivity contribution in [2.45, 2.75) is 38.3 Å². The number of nitrogen functional groups attached to an aromatic ring is 1. The number of halogens is 3. The molecule has 1 aromatic carbocycles. The van der Waals surface area contributed by atoms with E-state index in [1.165, 1.54) is 31.7 Å². The van der Waals surface area contributed by atoms with Crippen LogP contribution in [0.5, 0.6) is 0 Å². The first kappa shape index (κ1) is 12.3. The van der Waals surface area contributed by atoms with Gasteiger partial charge in [-0.05, 0) is 30.0 Å². The van der Waals surface area contributed by atoms with Crippen molar-refractivity contribution in [1.82, 2.24) is 0 Å². The average Bonchev–Trinajstić information content (AvgIpc) is 2.72. The maximum absolute atomic E-state index is 12.4. The van der Waals surface area contributed by atoms with Crippen molar-refractivity contribution in [1.29, 1.82) is 0 Å². The highest BCUT2D eigenvalue weighted by atomic mass is 19.4. The summed E-state index contributed by atoms with van der Waals surface area (Å²) < 4.78 is 37.3. The molecule has 2 rings (SSSR count). The molecule has 0 radical (unpaired) electrons. The Hall–Kier alpha value is -1.19. The number of alkyl halides is 3. The zero-order valence-corrected chi connectivity index (χ0v) is 9.56. The fourth-order valence-electron chi connectivity index (χ4n) is 2.48. The van der Waals surface area contributed by atoms with Crippen LogP contribution in [0.2, 0.25) is 0 Å². The molecule has 0 heterocycles. The SMILES string of the molecule is Nc1cc(C(F)(F)F)ccc1CC1CCCC1. The van der Waals surface area contributed by atoms with E-state index in [0.717, 1.165) is 24.1 Å². The Morgan fingerprint density at radius 2 is 1.82 bits per heavy atom. The van der Waals surface area contributed by atoms with E-state index in [9.17, 15) is 13.2 Å². The molecule has 0 bridgehead atoms. The van der Waals surface area contributed by atoms with Crippen LogP contribution in [0.3, 0.4) is 0 Å². The molecular weight excluding hydrogens is 227 g/mol. The molecule has 2 N–H and O–H groups in total. The third-order valence-corrected chi connectivity index (χ3v) is 3.46. The fraction of sp³-hybridized carbons (Fsp3) is 0.538. The molecule has 1 aliphatic carbocycles. The molecule has 1 fully saturated rings. The van der Waals surface area contributed by atoms with Gasteiger partial charge in [0.1, 0.15) is 0 Å². The number of nitrogens with two attached hydrogens (primary N) is 1. The monoisotopic (exact) mass is 243 g/mol. The summed E-state index contributed by atoms with van der Waals surface area (Å²) in [5.41, 5.74) is 6.16. The number of hydrogen-bond acceptors (Lipinski definition) is 1. The van der Waals surface area contributed by atoms with Gasteiger partial charge in [-0.1, -0.05) is 31.7 Å². The molecule has 0 atom stereocenters. The Bertz CT molecular complexity index is 392. The summed E-state index contributed by atoms with van der Waals surface area (Å²) in [6.45, 7) is 0. The number of rotatable bonds is 2. The van der Waals surface area contributed by atoms with Crippen LogP contribution in [-0.2, 0) is 12.6 Å². The average molecular weight is 243 g/mol. The highest BCUT2D eigenvalue weighted by Gasteiger charge is 2.30. The van der Waals surface area contributed by atoms with Crippen molar-refractivity contribution in [2.75, 3.05) is 5.73 Å². The van der Waals surface area contributed by atoms with Crippen LogP contribution in [0.1, 0.15) is 36.8 Å². The van der Waals surface area contributed by atoms with Gasteiger partial charge in [0.05, 0.1) is 5.56 Å². The summed E-state index contributed by atoms with van der Waals surface area (Å²) >= 11 is 0. The molecule has 0 spiro atoms. The summed E-state index contributed by atoms with van der Waals surface area (Å²) in [6.07, 6.45) is 1.29. The van der Waals surface area contributed by atoms with Gasteiger partial charge in [-0.15, -0.1) is 0 Å². The molecule has 4 heteroatoms. The second-order valence-corrected chi connectivity index (χ2v) is 4.77. The lowest BCUT2D eigenvalue weighted by Gasteiger charge is -2.13. The van der Waals surface area contributed by atoms with Crippen molar-refractivity contribution in [2.24, 2.45) is 5.92 Å². The van der Waals surface area contributed by atoms with Gasteiger partial charge in [0.15, 0.2) is 0 Å². The Morgan fingerprint density at radius 3 is 2.35 bits per heavy atom. The van der Waals surface area contributed by atoms with E-state index in [4.69, 9.17) is 5.73 Å². The van der Waals surface area contributed by atoms with Gasteiger partial charge in [0.25, 0.3) is 0 Å². The van der Waals surface area contributed by atoms with E-state index in [2.05, 4.69) is 0 Å². The van der Waals surface area contributed by atoms with Gasteiger partial charge in [0, 0.05) is 5.69 Å². The van der Waals surface area contributed by atoms with E-state index in [-0.39, 0.29) is 5.69 Å². The normalized spacial score (nSPS) is 17.6. The van der Waals surface area contributed by atoms with Crippen molar-refractivity contribution in [3.05, 3.63) is 29.3 Å². The quantitative estimate of drug-likeness (QED) is 0.780. The molecule has 0 aliphatic heterocycles. The van der Waals surface area contributed by atoms with Crippen LogP contribution in [0.15, 0.2) is 18.2 Å². The number of anilines is 1. The predicted molar refractivity (Wildman–Crippen MR) is 61.5 cm³/mol. The maximum atomic E-state index is 12.4. The van der Waals surface area contributed by atoms with Crippen LogP contribution < -0.4 is 5.73 Å². The minimum absolute atomic E-state index is 0.270. The summed E-state index contributed by atoms with van der Waals surface area (Å²) in [5, 5.41) is 0. The predicted octanol–water partition coefficient (Wildman–Crippen LogP) is 4.02. The molecule has 94 valence electrons. The number of benzene rings is 1. The van der Waals surface area contributed by atoms with Crippen molar-refractivity contribution >= 4 is 5.69 Å². The van der Waals surface area contributed by atoms with E-state index in [0.29, 0.717) is 5.92 Å². The smallest absolute Gasteiger partial charge is 0.398 e. The Kier molecular flexibility index (Phi) is 3.31. The third kappa shape index (κ3) is 2.93. The minimum atomic E-state index is -4.31. The molecule has 1 nitrogen and oxygen atoms in total. The van der Waals surface area contributed by atoms with Crippen LogP contribution in [0.25, 0.3) is 0 Å². The second kappa shape index (κ2) is 4.59. The topological polar surface area (TPSA) is 26.0 Å². The Labute approximate surface area is 98.8 Å². The van der Waals surface area contributed by atoms with Gasteiger partial charge in [-0.25, -0.2) is 0 Å². The maximum Gasteiger partial charge on any atom is 0.416 e. The standard InChI is InChI=1S/C13H16F3N/c14-13(15,16)11-6-5-10(12(17)8-11)7-9-3-1-2-4-9/h5-6,8-9H,1-4,7,17H2. The van der Waals surface area contributed by atoms with Crippen LogP contribution in [-0.4, -0.2) is 0 Å². The molecule has 0 aromatic heterocycles. The van der Waals surface area contributed by atoms with E-state index in [1.807, 2.05) is 0 Å². The first-order valence-electron chi connectivity index (χ1n) is 5.92. The zero-order chi connectivity index (χ0) is 12.5. The molecule has 0 amide bonds. The van der Waals surface area contributed by atoms with E-state index in [1.54, 1.807) is 0 Å². The lowest BCUT2D eigenvalue weighted by atomic mass is 9.96. The van der Waals surface area contributed by atoms with E-state index >= 15 is 0 Å². The molecule has 0 saturated heterocycles. The lowest BCUT2D eigenvalue weighted by Crippen LogP contribution is -2.08. The molecular formula is C13H16F3N. The third-order valence-electron chi connectivity index (χ3n) is 3.46. The zero-order valence-electron chi connectivity index (χ0n) is 9.56. The summed E-state index contributed by atoms with van der Waals surface area (Å²) in [7, 11) is 0. The molecule has 1 saturated carbocycles. The summed E-state index contributed by atoms with van der Waals surface area (Å²) in [5.74, 6) is 0.592. The van der Waals surface area contributed by atoms with Gasteiger partial charge in [0.2, 0.25) is 0 Å². The van der Waals surface area contributed by atoms with Crippen LogP contribution >= 0.6 is 0 Å². The molecule has 1 aromatic rings. The Balaban J connectivity index is 2.14. The van der Waals surface area contributed by atoms with Gasteiger partial charge in [-0.2, -0.15) is 13.2 Å². The number of hydrogen-bond donors (Lipinski definition) is 1. The van der Waals surface area contributed by atoms with Gasteiger partial charge < -0.3 is 5.73 Å². The Morgan fingerprint density at radius 1 is 1.18 bits per heavy atom. The van der Waals surface area contributed by atoms with Crippen molar-refractivity contribution in [3.63, 3.8) is 0 Å². The van der Waals surface area contributed by atoms with Crippen LogP contribution in [0.4, 0.5) is 18.9 Å². The van der Waals surface area contributed by atoms with Crippen molar-refractivity contribution in [3.8, 4) is 0 Å². The minimum Gasteiger partial charge on any atom is -0.398 e. The first-order valence-corrected chi connectivity index (χ1v) is 5.92. The molecule has 17 heavy (non-hydrogen) atoms. The van der Waals surface area contributed by atoms with Crippen LogP contribution in [0, 0.1) is 5.92 Å². The fourth-order valence-corrected chi connectivity index (χ4v) is 2.48. The first-order chi connectivity index (χ1) is 7.97. The molecule has 1 aliphatic rings. The van der Waals surface area contributed by atoms with Gasteiger partial charge in [-0.3, -0.25) is 0 Å². The van der Waals surface area contributed by atoms with Crippen molar-refractivity contribution < 1.29 is 13.2 Å². The summed E-state index contributed by atoms with van der Waals surface area (Å²) in [6, 6.07) is 3.70. The second-order valence-electron chi connectivity index (χ2n) is 4.77. The molecule has 0 unspecified atom stereocenters. The lowest BCUT2D eigenvalue weighted by molar-refractivity contribution is -0.137.